The third-order valence-corrected chi connectivity index (χ3v) is 4.57. The number of hydrogen-bond donors (Lipinski definition) is 1. The fourth-order valence-electron chi connectivity index (χ4n) is 2.34. The van der Waals surface area contributed by atoms with E-state index in [0.717, 1.165) is 33.4 Å². The largest absolute Gasteiger partial charge is 0.457 e. The molecule has 0 radical (unpaired) electrons. The second kappa shape index (κ2) is 8.40. The number of carbonyl (C=O) groups excluding carboxylic acids is 1. The zero-order valence-electron chi connectivity index (χ0n) is 13.9. The van der Waals surface area contributed by atoms with E-state index in [1.54, 1.807) is 11.8 Å². The first-order chi connectivity index (χ1) is 12.2. The molecule has 0 bridgehead atoms. The van der Waals surface area contributed by atoms with Gasteiger partial charge in [-0.15, -0.1) is 11.8 Å². The van der Waals surface area contributed by atoms with Crippen LogP contribution in [0.2, 0.25) is 0 Å². The number of carbonyl (C=O) groups is 1. The Kier molecular flexibility index (Phi) is 5.75. The maximum atomic E-state index is 11.1. The third-order valence-electron chi connectivity index (χ3n) is 3.51. The van der Waals surface area contributed by atoms with Crippen molar-refractivity contribution in [3.05, 3.63) is 84.4 Å². The molecule has 1 N–H and O–H groups in total. The predicted molar refractivity (Wildman–Crippen MR) is 103 cm³/mol. The Morgan fingerprint density at radius 3 is 2.32 bits per heavy atom. The predicted octanol–water partition coefficient (Wildman–Crippen LogP) is 5.73. The first-order valence-electron chi connectivity index (χ1n) is 8.02. The topological polar surface area (TPSA) is 38.3 Å². The van der Waals surface area contributed by atoms with Crippen LogP contribution in [0.4, 0.5) is 5.69 Å². The molecule has 3 nitrogen and oxygen atoms in total. The Labute approximate surface area is 152 Å². The van der Waals surface area contributed by atoms with Gasteiger partial charge < -0.3 is 10.1 Å². The molecule has 0 aliphatic rings. The minimum absolute atomic E-state index is 0.0626. The lowest BCUT2D eigenvalue weighted by atomic mass is 10.2. The quantitative estimate of drug-likeness (QED) is 0.578. The monoisotopic (exact) mass is 349 g/mol. The number of anilines is 1. The number of amides is 1. The van der Waals surface area contributed by atoms with E-state index in [1.807, 2.05) is 72.8 Å². The Hall–Kier alpha value is -2.72. The highest BCUT2D eigenvalue weighted by molar-refractivity contribution is 7.98. The van der Waals surface area contributed by atoms with Gasteiger partial charge in [-0.1, -0.05) is 36.4 Å². The van der Waals surface area contributed by atoms with Crippen LogP contribution in [0.15, 0.2) is 83.8 Å². The summed E-state index contributed by atoms with van der Waals surface area (Å²) in [5, 5.41) is 2.77. The van der Waals surface area contributed by atoms with Crippen LogP contribution in [0.3, 0.4) is 0 Å². The van der Waals surface area contributed by atoms with Crippen LogP contribution in [0.25, 0.3) is 0 Å². The molecule has 0 aliphatic carbocycles. The number of thioether (sulfide) groups is 1. The summed E-state index contributed by atoms with van der Waals surface area (Å²) in [5.41, 5.74) is 1.95. The molecule has 3 rings (SSSR count). The molecule has 3 aromatic rings. The maximum absolute atomic E-state index is 11.1. The van der Waals surface area contributed by atoms with E-state index in [0.29, 0.717) is 0 Å². The van der Waals surface area contributed by atoms with Crippen molar-refractivity contribution in [3.63, 3.8) is 0 Å². The van der Waals surface area contributed by atoms with Gasteiger partial charge in [0.2, 0.25) is 5.91 Å². The molecule has 0 heterocycles. The molecule has 3 aromatic carbocycles. The van der Waals surface area contributed by atoms with Crippen molar-refractivity contribution in [2.75, 3.05) is 5.32 Å². The third kappa shape index (κ3) is 5.13. The molecule has 0 unspecified atom stereocenters. The number of hydrogen-bond acceptors (Lipinski definition) is 3. The summed E-state index contributed by atoms with van der Waals surface area (Å²) in [6, 6.07) is 25.7. The number of nitrogens with one attached hydrogen (secondary N) is 1. The average molecular weight is 349 g/mol. The Morgan fingerprint density at radius 1 is 0.920 bits per heavy atom. The zero-order valence-corrected chi connectivity index (χ0v) is 14.8. The van der Waals surface area contributed by atoms with Crippen LogP contribution in [-0.2, 0) is 10.5 Å². The highest BCUT2D eigenvalue weighted by atomic mass is 32.2. The number of benzene rings is 3. The molecule has 0 atom stereocenters. The highest BCUT2D eigenvalue weighted by Crippen LogP contribution is 2.31. The lowest BCUT2D eigenvalue weighted by Crippen LogP contribution is -2.05. The van der Waals surface area contributed by atoms with Crippen molar-refractivity contribution < 1.29 is 9.53 Å². The molecule has 0 aliphatic heterocycles. The lowest BCUT2D eigenvalue weighted by Gasteiger charge is -2.11. The van der Waals surface area contributed by atoms with Crippen LogP contribution in [-0.4, -0.2) is 5.91 Å². The summed E-state index contributed by atoms with van der Waals surface area (Å²) in [7, 11) is 0. The first-order valence-corrected chi connectivity index (χ1v) is 9.00. The Balaban J connectivity index is 1.66. The van der Waals surface area contributed by atoms with Crippen molar-refractivity contribution in [3.8, 4) is 11.5 Å². The molecule has 126 valence electrons. The highest BCUT2D eigenvalue weighted by Gasteiger charge is 2.05. The van der Waals surface area contributed by atoms with E-state index < -0.39 is 0 Å². The Bertz CT molecular complexity index is 832. The summed E-state index contributed by atoms with van der Waals surface area (Å²) in [6.45, 7) is 1.51. The van der Waals surface area contributed by atoms with Gasteiger partial charge in [-0.3, -0.25) is 4.79 Å². The van der Waals surface area contributed by atoms with Crippen molar-refractivity contribution in [1.82, 2.24) is 0 Å². The molecule has 25 heavy (non-hydrogen) atoms. The minimum Gasteiger partial charge on any atom is -0.457 e. The summed E-state index contributed by atoms with van der Waals surface area (Å²) in [6.07, 6.45) is 0. The van der Waals surface area contributed by atoms with Gasteiger partial charge in [0.25, 0.3) is 0 Å². The van der Waals surface area contributed by atoms with E-state index in [1.165, 1.54) is 6.92 Å². The Morgan fingerprint density at radius 2 is 1.60 bits per heavy atom. The van der Waals surface area contributed by atoms with Gasteiger partial charge in [0.05, 0.1) is 0 Å². The van der Waals surface area contributed by atoms with Gasteiger partial charge in [-0.2, -0.15) is 0 Å². The van der Waals surface area contributed by atoms with E-state index in [4.69, 9.17) is 4.74 Å². The molecule has 0 saturated carbocycles. The van der Waals surface area contributed by atoms with Crippen molar-refractivity contribution >= 4 is 23.4 Å². The van der Waals surface area contributed by atoms with E-state index in [-0.39, 0.29) is 5.91 Å². The molecular formula is C21H19NO2S. The summed E-state index contributed by atoms with van der Waals surface area (Å²) < 4.78 is 6.00. The normalized spacial score (nSPS) is 10.3. The lowest BCUT2D eigenvalue weighted by molar-refractivity contribution is -0.114. The van der Waals surface area contributed by atoms with E-state index in [9.17, 15) is 4.79 Å². The van der Waals surface area contributed by atoms with Gasteiger partial charge >= 0.3 is 0 Å². The first kappa shape index (κ1) is 17.1. The standard InChI is InChI=1S/C21H19NO2S/c1-16(23)22-18-11-13-20(14-12-18)25-15-17-7-5-6-10-21(17)24-19-8-3-2-4-9-19/h2-14H,15H2,1H3,(H,22,23). The van der Waals surface area contributed by atoms with Crippen molar-refractivity contribution in [2.45, 2.75) is 17.6 Å². The minimum atomic E-state index is -0.0626. The molecule has 0 fully saturated rings. The fourth-order valence-corrected chi connectivity index (χ4v) is 3.23. The number of para-hydroxylation sites is 2. The maximum Gasteiger partial charge on any atom is 0.221 e. The molecule has 0 spiro atoms. The van der Waals surface area contributed by atoms with Gasteiger partial charge in [0.15, 0.2) is 0 Å². The van der Waals surface area contributed by atoms with Crippen LogP contribution >= 0.6 is 11.8 Å². The average Bonchev–Trinajstić information content (AvgIpc) is 2.63. The number of ether oxygens (including phenoxy) is 1. The zero-order chi connectivity index (χ0) is 17.5. The van der Waals surface area contributed by atoms with Crippen molar-refractivity contribution in [1.29, 1.82) is 0 Å². The smallest absolute Gasteiger partial charge is 0.221 e. The second-order valence-corrected chi connectivity index (χ2v) is 6.57. The summed E-state index contributed by atoms with van der Waals surface area (Å²) in [5.74, 6) is 2.45. The van der Waals surface area contributed by atoms with Crippen LogP contribution in [0, 0.1) is 0 Å². The SMILES string of the molecule is CC(=O)Nc1ccc(SCc2ccccc2Oc2ccccc2)cc1. The molecule has 0 saturated heterocycles. The summed E-state index contributed by atoms with van der Waals surface area (Å²) in [4.78, 5) is 12.2. The summed E-state index contributed by atoms with van der Waals surface area (Å²) >= 11 is 1.73. The van der Waals surface area contributed by atoms with Crippen LogP contribution in [0.1, 0.15) is 12.5 Å². The van der Waals surface area contributed by atoms with E-state index >= 15 is 0 Å². The van der Waals surface area contributed by atoms with Gasteiger partial charge in [0.1, 0.15) is 11.5 Å². The molecular weight excluding hydrogens is 330 g/mol. The van der Waals surface area contributed by atoms with Gasteiger partial charge in [-0.05, 0) is 42.5 Å². The second-order valence-electron chi connectivity index (χ2n) is 5.52. The van der Waals surface area contributed by atoms with Gasteiger partial charge in [-0.25, -0.2) is 0 Å². The fraction of sp³-hybridized carbons (Fsp3) is 0.0952. The van der Waals surface area contributed by atoms with E-state index in [2.05, 4.69) is 11.4 Å². The van der Waals surface area contributed by atoms with Crippen LogP contribution < -0.4 is 10.1 Å². The molecule has 1 amide bonds. The number of rotatable bonds is 6. The van der Waals surface area contributed by atoms with Crippen molar-refractivity contribution in [2.24, 2.45) is 0 Å². The molecule has 4 heteroatoms. The van der Waals surface area contributed by atoms with Gasteiger partial charge in [0, 0.05) is 28.8 Å². The molecule has 0 aromatic heterocycles. The van der Waals surface area contributed by atoms with Crippen LogP contribution in [0.5, 0.6) is 11.5 Å².